The molecule has 7 nitrogen and oxygen atoms in total. The number of benzene rings is 1. The van der Waals surface area contributed by atoms with Gasteiger partial charge in [-0.15, -0.1) is 5.10 Å². The lowest BCUT2D eigenvalue weighted by Gasteiger charge is -2.24. The molecular weight excluding hydrogens is 311 g/mol. The number of pyridine rings is 1. The normalized spacial score (nSPS) is 11.0. The minimum atomic E-state index is -0.394. The number of amides is 1. The molecule has 0 fully saturated rings. The van der Waals surface area contributed by atoms with E-state index in [0.29, 0.717) is 28.1 Å². The zero-order chi connectivity index (χ0) is 17.3. The third kappa shape index (κ3) is 3.03. The molecule has 24 heavy (non-hydrogen) atoms. The second kappa shape index (κ2) is 6.23. The number of anilines is 2. The molecule has 0 saturated heterocycles. The Morgan fingerprint density at radius 3 is 2.79 bits per heavy atom. The van der Waals surface area contributed by atoms with E-state index in [1.54, 1.807) is 18.2 Å². The highest BCUT2D eigenvalue weighted by Gasteiger charge is 2.13. The Hall–Kier alpha value is -3.03. The standard InChI is InChI=1S/C16H17FN6O/c1-9(2)23(3)14-5-4-11(7-12(14)17)19-16(24)10-6-13-15(18-8-10)21-22-20-13/h4-9H,1-3H3,(H,19,24)(H,18,20,21,22). The minimum absolute atomic E-state index is 0.167. The van der Waals surface area contributed by atoms with Crippen LogP contribution in [0.4, 0.5) is 15.8 Å². The molecule has 0 aliphatic rings. The van der Waals surface area contributed by atoms with E-state index >= 15 is 0 Å². The van der Waals surface area contributed by atoms with Gasteiger partial charge in [-0.05, 0) is 38.1 Å². The van der Waals surface area contributed by atoms with Gasteiger partial charge in [-0.25, -0.2) is 9.37 Å². The number of nitrogens with one attached hydrogen (secondary N) is 2. The molecule has 0 radical (unpaired) electrons. The van der Waals surface area contributed by atoms with Gasteiger partial charge in [-0.2, -0.15) is 10.3 Å². The lowest BCUT2D eigenvalue weighted by Crippen LogP contribution is -2.26. The fourth-order valence-electron chi connectivity index (χ4n) is 2.22. The van der Waals surface area contributed by atoms with Crippen molar-refractivity contribution in [2.45, 2.75) is 19.9 Å². The molecule has 8 heteroatoms. The number of fused-ring (bicyclic) bond motifs is 1. The van der Waals surface area contributed by atoms with Gasteiger partial charge in [0, 0.05) is 25.0 Å². The summed E-state index contributed by atoms with van der Waals surface area (Å²) in [4.78, 5) is 18.1. The highest BCUT2D eigenvalue weighted by molar-refractivity contribution is 6.05. The predicted molar refractivity (Wildman–Crippen MR) is 89.6 cm³/mol. The number of halogens is 1. The van der Waals surface area contributed by atoms with Crippen LogP contribution in [-0.4, -0.2) is 39.4 Å². The van der Waals surface area contributed by atoms with Gasteiger partial charge in [-0.3, -0.25) is 4.79 Å². The molecule has 0 saturated carbocycles. The maximum Gasteiger partial charge on any atom is 0.257 e. The van der Waals surface area contributed by atoms with Crippen molar-refractivity contribution in [2.24, 2.45) is 0 Å². The van der Waals surface area contributed by atoms with E-state index in [0.717, 1.165) is 0 Å². The van der Waals surface area contributed by atoms with Crippen LogP contribution in [0, 0.1) is 5.82 Å². The van der Waals surface area contributed by atoms with Crippen molar-refractivity contribution in [3.05, 3.63) is 41.8 Å². The van der Waals surface area contributed by atoms with Gasteiger partial charge in [0.25, 0.3) is 5.91 Å². The Balaban J connectivity index is 1.80. The molecule has 0 aliphatic carbocycles. The first-order valence-electron chi connectivity index (χ1n) is 7.46. The molecule has 2 heterocycles. The summed E-state index contributed by atoms with van der Waals surface area (Å²) in [6.07, 6.45) is 1.40. The number of hydrogen-bond acceptors (Lipinski definition) is 5. The maximum atomic E-state index is 14.3. The Morgan fingerprint density at radius 2 is 2.08 bits per heavy atom. The molecule has 1 aromatic carbocycles. The summed E-state index contributed by atoms with van der Waals surface area (Å²) >= 11 is 0. The first-order valence-corrected chi connectivity index (χ1v) is 7.46. The molecule has 0 aliphatic heterocycles. The SMILES string of the molecule is CC(C)N(C)c1ccc(NC(=O)c2cnc3n[nH]nc3c2)cc1F. The van der Waals surface area contributed by atoms with Crippen molar-refractivity contribution < 1.29 is 9.18 Å². The van der Waals surface area contributed by atoms with Crippen molar-refractivity contribution in [2.75, 3.05) is 17.3 Å². The number of nitrogens with zero attached hydrogens (tertiary/aromatic N) is 4. The van der Waals surface area contributed by atoms with Crippen LogP contribution in [0.5, 0.6) is 0 Å². The van der Waals surface area contributed by atoms with Crippen molar-refractivity contribution in [1.29, 1.82) is 0 Å². The number of aromatic amines is 1. The van der Waals surface area contributed by atoms with Crippen molar-refractivity contribution in [1.82, 2.24) is 20.4 Å². The number of carbonyl (C=O) groups excluding carboxylic acids is 1. The molecule has 0 spiro atoms. The lowest BCUT2D eigenvalue weighted by molar-refractivity contribution is 0.102. The van der Waals surface area contributed by atoms with Crippen LogP contribution in [0.15, 0.2) is 30.5 Å². The summed E-state index contributed by atoms with van der Waals surface area (Å²) in [7, 11) is 1.82. The van der Waals surface area contributed by atoms with E-state index in [-0.39, 0.29) is 6.04 Å². The third-order valence-electron chi connectivity index (χ3n) is 3.80. The molecule has 124 valence electrons. The quantitative estimate of drug-likeness (QED) is 0.769. The molecule has 0 atom stereocenters. The number of H-pyrrole nitrogens is 1. The first-order chi connectivity index (χ1) is 11.5. The van der Waals surface area contributed by atoms with Gasteiger partial charge < -0.3 is 10.2 Å². The Bertz CT molecular complexity index is 891. The average molecular weight is 328 g/mol. The highest BCUT2D eigenvalue weighted by atomic mass is 19.1. The molecule has 2 aromatic heterocycles. The van der Waals surface area contributed by atoms with Gasteiger partial charge in [-0.1, -0.05) is 0 Å². The van der Waals surface area contributed by atoms with E-state index in [1.165, 1.54) is 12.3 Å². The number of hydrogen-bond donors (Lipinski definition) is 2. The van der Waals surface area contributed by atoms with E-state index in [1.807, 2.05) is 25.8 Å². The first kappa shape index (κ1) is 15.9. The van der Waals surface area contributed by atoms with Crippen LogP contribution in [0.25, 0.3) is 11.2 Å². The summed E-state index contributed by atoms with van der Waals surface area (Å²) in [6.45, 7) is 3.95. The fraction of sp³-hybridized carbons (Fsp3) is 0.250. The monoisotopic (exact) mass is 328 g/mol. The Labute approximate surface area is 137 Å². The van der Waals surface area contributed by atoms with E-state index in [4.69, 9.17) is 0 Å². The van der Waals surface area contributed by atoms with Crippen LogP contribution in [0.3, 0.4) is 0 Å². The summed E-state index contributed by atoms with van der Waals surface area (Å²) in [5.41, 5.74) is 2.09. The topological polar surface area (TPSA) is 86.8 Å². The zero-order valence-electron chi connectivity index (χ0n) is 13.5. The van der Waals surface area contributed by atoms with E-state index < -0.39 is 11.7 Å². The van der Waals surface area contributed by atoms with E-state index in [9.17, 15) is 9.18 Å². The second-order valence-electron chi connectivity index (χ2n) is 5.72. The molecule has 3 rings (SSSR count). The fourth-order valence-corrected chi connectivity index (χ4v) is 2.22. The summed E-state index contributed by atoms with van der Waals surface area (Å²) in [5, 5.41) is 12.8. The van der Waals surface area contributed by atoms with Crippen LogP contribution in [-0.2, 0) is 0 Å². The smallest absolute Gasteiger partial charge is 0.257 e. The minimum Gasteiger partial charge on any atom is -0.370 e. The molecule has 3 aromatic rings. The van der Waals surface area contributed by atoms with Gasteiger partial charge in [0.1, 0.15) is 11.3 Å². The number of aromatic nitrogens is 4. The molecular formula is C16H17FN6O. The number of rotatable bonds is 4. The lowest BCUT2D eigenvalue weighted by atomic mass is 10.2. The number of carbonyl (C=O) groups is 1. The summed E-state index contributed by atoms with van der Waals surface area (Å²) in [6, 6.07) is 6.34. The summed E-state index contributed by atoms with van der Waals surface area (Å²) < 4.78 is 14.3. The molecule has 0 unspecified atom stereocenters. The van der Waals surface area contributed by atoms with Crippen LogP contribution < -0.4 is 10.2 Å². The van der Waals surface area contributed by atoms with Gasteiger partial charge in [0.2, 0.25) is 5.65 Å². The van der Waals surface area contributed by atoms with Gasteiger partial charge >= 0.3 is 0 Å². The molecule has 2 N–H and O–H groups in total. The van der Waals surface area contributed by atoms with Crippen LogP contribution >= 0.6 is 0 Å². The Kier molecular flexibility index (Phi) is 4.11. The predicted octanol–water partition coefficient (Wildman–Crippen LogP) is 2.59. The average Bonchev–Trinajstić information content (AvgIpc) is 3.01. The Morgan fingerprint density at radius 1 is 1.29 bits per heavy atom. The van der Waals surface area contributed by atoms with Gasteiger partial charge in [0.15, 0.2) is 0 Å². The largest absolute Gasteiger partial charge is 0.370 e. The molecule has 1 amide bonds. The molecule has 0 bridgehead atoms. The van der Waals surface area contributed by atoms with E-state index in [2.05, 4.69) is 25.7 Å². The zero-order valence-corrected chi connectivity index (χ0v) is 13.5. The third-order valence-corrected chi connectivity index (χ3v) is 3.80. The van der Waals surface area contributed by atoms with Crippen molar-refractivity contribution in [3.8, 4) is 0 Å². The second-order valence-corrected chi connectivity index (χ2v) is 5.72. The summed E-state index contributed by atoms with van der Waals surface area (Å²) in [5.74, 6) is -0.786. The van der Waals surface area contributed by atoms with Gasteiger partial charge in [0.05, 0.1) is 11.3 Å². The van der Waals surface area contributed by atoms with Crippen LogP contribution in [0.2, 0.25) is 0 Å². The highest BCUT2D eigenvalue weighted by Crippen LogP contribution is 2.23. The van der Waals surface area contributed by atoms with Crippen molar-refractivity contribution >= 4 is 28.4 Å². The van der Waals surface area contributed by atoms with Crippen LogP contribution in [0.1, 0.15) is 24.2 Å². The van der Waals surface area contributed by atoms with Crippen molar-refractivity contribution in [3.63, 3.8) is 0 Å². The maximum absolute atomic E-state index is 14.3.